The van der Waals surface area contributed by atoms with Gasteiger partial charge in [0.1, 0.15) is 24.5 Å². The molecule has 0 bridgehead atoms. The number of carbonyl (C=O) groups is 1. The van der Waals surface area contributed by atoms with Crippen molar-refractivity contribution in [2.45, 2.75) is 65.4 Å². The molecule has 5 aromatic rings. The average molecular weight is 717 g/mol. The van der Waals surface area contributed by atoms with E-state index in [-0.39, 0.29) is 6.09 Å². The van der Waals surface area contributed by atoms with Crippen molar-refractivity contribution in [2.24, 2.45) is 13.0 Å². The van der Waals surface area contributed by atoms with Crippen LogP contribution in [0.25, 0.3) is 22.2 Å². The van der Waals surface area contributed by atoms with Gasteiger partial charge in [0, 0.05) is 63.8 Å². The lowest BCUT2D eigenvalue weighted by atomic mass is 9.88. The van der Waals surface area contributed by atoms with Crippen molar-refractivity contribution in [3.8, 4) is 23.0 Å². The first-order valence-electron chi connectivity index (χ1n) is 18.9. The topological polar surface area (TPSA) is 85.2 Å². The summed E-state index contributed by atoms with van der Waals surface area (Å²) in [5.41, 5.74) is 5.62. The van der Waals surface area contributed by atoms with Gasteiger partial charge in [0.05, 0.1) is 16.8 Å². The first-order chi connectivity index (χ1) is 25.6. The molecule has 1 amide bonds. The number of anilines is 1. The number of piperidine rings is 1. The Labute approximate surface area is 313 Å². The third-order valence-corrected chi connectivity index (χ3v) is 10.5. The van der Waals surface area contributed by atoms with Crippen LogP contribution >= 0.6 is 0 Å². The van der Waals surface area contributed by atoms with Crippen LogP contribution in [0.15, 0.2) is 91.0 Å². The number of nitrogens with zero attached hydrogens (tertiary/aromatic N) is 6. The molecule has 1 atom stereocenters. The first-order valence-corrected chi connectivity index (χ1v) is 18.9. The Morgan fingerprint density at radius 2 is 1.43 bits per heavy atom. The number of hydrogen-bond acceptors (Lipinski definition) is 8. The maximum atomic E-state index is 12.6. The van der Waals surface area contributed by atoms with Gasteiger partial charge in [-0.3, -0.25) is 9.58 Å². The minimum Gasteiger partial charge on any atom is -0.473 e. The van der Waals surface area contributed by atoms with E-state index < -0.39 is 5.60 Å². The van der Waals surface area contributed by atoms with Crippen molar-refractivity contribution in [1.29, 1.82) is 0 Å². The van der Waals surface area contributed by atoms with Crippen LogP contribution in [0.3, 0.4) is 0 Å². The van der Waals surface area contributed by atoms with Crippen LogP contribution in [0.1, 0.15) is 51.7 Å². The number of ether oxygens (including phenoxy) is 3. The number of rotatable bonds is 10. The fourth-order valence-electron chi connectivity index (χ4n) is 7.58. The molecule has 0 N–H and O–H groups in total. The van der Waals surface area contributed by atoms with Crippen molar-refractivity contribution in [2.75, 3.05) is 44.2 Å². The molecule has 0 spiro atoms. The normalized spacial score (nSPS) is 16.5. The number of amides is 1. The van der Waals surface area contributed by atoms with Crippen LogP contribution < -0.4 is 14.4 Å². The number of carbonyl (C=O) groups excluding carboxylic acids is 1. The zero-order chi connectivity index (χ0) is 37.0. The van der Waals surface area contributed by atoms with E-state index in [1.54, 1.807) is 0 Å². The van der Waals surface area contributed by atoms with Crippen molar-refractivity contribution >= 4 is 22.7 Å². The molecule has 2 aromatic heterocycles. The van der Waals surface area contributed by atoms with E-state index in [0.717, 1.165) is 72.3 Å². The molecule has 2 fully saturated rings. The lowest BCUT2D eigenvalue weighted by Gasteiger charge is -2.43. The van der Waals surface area contributed by atoms with Crippen LogP contribution in [0.2, 0.25) is 0 Å². The zero-order valence-corrected chi connectivity index (χ0v) is 31.7. The first kappa shape index (κ1) is 36.3. The zero-order valence-electron chi connectivity index (χ0n) is 31.7. The quantitative estimate of drug-likeness (QED) is 0.144. The van der Waals surface area contributed by atoms with Gasteiger partial charge in [-0.2, -0.15) is 10.1 Å². The van der Waals surface area contributed by atoms with Gasteiger partial charge in [-0.15, -0.1) is 0 Å². The number of benzene rings is 3. The number of piperazine rings is 1. The summed E-state index contributed by atoms with van der Waals surface area (Å²) in [5.74, 6) is 1.59. The molecule has 10 heteroatoms. The predicted octanol–water partition coefficient (Wildman–Crippen LogP) is 7.95. The average Bonchev–Trinajstić information content (AvgIpc) is 3.52. The maximum Gasteiger partial charge on any atom is 0.410 e. The van der Waals surface area contributed by atoms with Crippen molar-refractivity contribution in [3.05, 3.63) is 102 Å². The van der Waals surface area contributed by atoms with Crippen LogP contribution in [0.5, 0.6) is 11.8 Å². The molecule has 7 rings (SSSR count). The molecule has 0 radical (unpaired) electrons. The van der Waals surface area contributed by atoms with E-state index in [4.69, 9.17) is 24.3 Å². The fourth-order valence-corrected chi connectivity index (χ4v) is 7.58. The highest BCUT2D eigenvalue weighted by Crippen LogP contribution is 2.39. The van der Waals surface area contributed by atoms with Crippen molar-refractivity contribution < 1.29 is 19.0 Å². The summed E-state index contributed by atoms with van der Waals surface area (Å²) in [4.78, 5) is 24.4. The molecular formula is C43H52N6O4. The number of aromatic nitrogens is 3. The maximum absolute atomic E-state index is 12.6. The molecule has 278 valence electrons. The van der Waals surface area contributed by atoms with Crippen LogP contribution in [-0.4, -0.2) is 81.6 Å². The molecule has 10 nitrogen and oxygen atoms in total. The SMILES string of the molecule is CC(C1CCN(c2cccc3c(-c4ccc(OCc5ccccc5)nc4OCc4ccccc4)nn(C)c23)CC1)N1CCN(C(=O)OC(C)(C)C)CC1. The molecule has 0 saturated carbocycles. The third kappa shape index (κ3) is 8.60. The summed E-state index contributed by atoms with van der Waals surface area (Å²) in [7, 11) is 2.02. The summed E-state index contributed by atoms with van der Waals surface area (Å²) >= 11 is 0. The molecular weight excluding hydrogens is 665 g/mol. The molecule has 2 aliphatic heterocycles. The Morgan fingerprint density at radius 1 is 0.792 bits per heavy atom. The summed E-state index contributed by atoms with van der Waals surface area (Å²) in [5, 5.41) is 6.14. The van der Waals surface area contributed by atoms with Gasteiger partial charge < -0.3 is 24.0 Å². The van der Waals surface area contributed by atoms with E-state index in [0.29, 0.717) is 50.0 Å². The van der Waals surface area contributed by atoms with E-state index in [9.17, 15) is 4.79 Å². The number of fused-ring (bicyclic) bond motifs is 1. The second kappa shape index (κ2) is 15.9. The monoisotopic (exact) mass is 716 g/mol. The standard InChI is InChI=1S/C43H52N6O4/c1-31(47-25-27-49(28-26-47)42(50)53-43(2,3)4)34-21-23-48(24-22-34)37-18-12-17-35-39(45-46(5)40(35)37)36-19-20-38(51-29-32-13-8-6-9-14-32)44-41(36)52-30-33-15-10-7-11-16-33/h6-20,31,34H,21-30H2,1-5H3. The Balaban J connectivity index is 1.06. The minimum absolute atomic E-state index is 0.206. The van der Waals surface area contributed by atoms with E-state index in [2.05, 4.69) is 47.1 Å². The summed E-state index contributed by atoms with van der Waals surface area (Å²) in [6.07, 6.45) is 2.02. The van der Waals surface area contributed by atoms with Crippen molar-refractivity contribution in [3.63, 3.8) is 0 Å². The highest BCUT2D eigenvalue weighted by Gasteiger charge is 2.33. The third-order valence-electron chi connectivity index (χ3n) is 10.5. The van der Waals surface area contributed by atoms with E-state index in [1.165, 1.54) is 5.69 Å². The number of pyridine rings is 1. The smallest absolute Gasteiger partial charge is 0.410 e. The van der Waals surface area contributed by atoms with Gasteiger partial charge >= 0.3 is 6.09 Å². The lowest BCUT2D eigenvalue weighted by Crippen LogP contribution is -2.54. The highest BCUT2D eigenvalue weighted by molar-refractivity contribution is 6.01. The highest BCUT2D eigenvalue weighted by atomic mass is 16.6. The molecule has 3 aromatic carbocycles. The Hall–Kier alpha value is -5.09. The largest absolute Gasteiger partial charge is 0.473 e. The van der Waals surface area contributed by atoms with Gasteiger partial charge in [-0.05, 0) is 69.7 Å². The van der Waals surface area contributed by atoms with Gasteiger partial charge in [-0.1, -0.05) is 72.8 Å². The van der Waals surface area contributed by atoms with E-state index >= 15 is 0 Å². The molecule has 1 unspecified atom stereocenters. The molecule has 2 saturated heterocycles. The minimum atomic E-state index is -0.474. The van der Waals surface area contributed by atoms with Crippen LogP contribution in [0, 0.1) is 5.92 Å². The fraction of sp³-hybridized carbons (Fsp3) is 0.419. The van der Waals surface area contributed by atoms with Gasteiger partial charge in [0.2, 0.25) is 11.8 Å². The lowest BCUT2D eigenvalue weighted by molar-refractivity contribution is 0.00704. The van der Waals surface area contributed by atoms with Crippen LogP contribution in [-0.2, 0) is 25.0 Å². The molecule has 4 heterocycles. The molecule has 0 aliphatic carbocycles. The molecule has 2 aliphatic rings. The number of para-hydroxylation sites is 1. The van der Waals surface area contributed by atoms with E-state index in [1.807, 2.05) is 98.1 Å². The molecule has 53 heavy (non-hydrogen) atoms. The predicted molar refractivity (Wildman–Crippen MR) is 209 cm³/mol. The number of aryl methyl sites for hydroxylation is 1. The summed E-state index contributed by atoms with van der Waals surface area (Å²) in [6, 6.07) is 31.1. The Kier molecular flexibility index (Phi) is 10.9. The Morgan fingerprint density at radius 3 is 2.08 bits per heavy atom. The summed E-state index contributed by atoms with van der Waals surface area (Å²) < 4.78 is 20.1. The van der Waals surface area contributed by atoms with Gasteiger partial charge in [-0.25, -0.2) is 4.79 Å². The van der Waals surface area contributed by atoms with Crippen molar-refractivity contribution in [1.82, 2.24) is 24.6 Å². The van der Waals surface area contributed by atoms with Gasteiger partial charge in [0.15, 0.2) is 0 Å². The number of hydrogen-bond donors (Lipinski definition) is 0. The summed E-state index contributed by atoms with van der Waals surface area (Å²) in [6.45, 7) is 14.1. The second-order valence-electron chi connectivity index (χ2n) is 15.3. The Bertz CT molecular complexity index is 1980. The van der Waals surface area contributed by atoms with Gasteiger partial charge in [0.25, 0.3) is 0 Å². The van der Waals surface area contributed by atoms with Crippen LogP contribution in [0.4, 0.5) is 10.5 Å². The second-order valence-corrected chi connectivity index (χ2v) is 15.3.